The van der Waals surface area contributed by atoms with Crippen molar-refractivity contribution in [3.8, 4) is 10.6 Å². The standard InChI is InChI=1S/C14H11ClN2S/c1-8-2-5-12-13(6-8)18-14(17-12)10-4-3-9(15)7-11(10)16/h2-7H,16H2,1H3. The van der Waals surface area contributed by atoms with E-state index in [-0.39, 0.29) is 0 Å². The van der Waals surface area contributed by atoms with Gasteiger partial charge in [-0.3, -0.25) is 0 Å². The molecule has 0 aliphatic rings. The summed E-state index contributed by atoms with van der Waals surface area (Å²) in [6, 6.07) is 11.8. The highest BCUT2D eigenvalue weighted by molar-refractivity contribution is 7.21. The summed E-state index contributed by atoms with van der Waals surface area (Å²) in [6.45, 7) is 2.08. The molecular weight excluding hydrogens is 264 g/mol. The van der Waals surface area contributed by atoms with Gasteiger partial charge in [0.05, 0.1) is 10.2 Å². The van der Waals surface area contributed by atoms with Gasteiger partial charge in [0.15, 0.2) is 0 Å². The van der Waals surface area contributed by atoms with E-state index in [2.05, 4.69) is 24.0 Å². The number of hydrogen-bond donors (Lipinski definition) is 1. The summed E-state index contributed by atoms with van der Waals surface area (Å²) in [6.07, 6.45) is 0. The number of rotatable bonds is 1. The average molecular weight is 275 g/mol. The first-order chi connectivity index (χ1) is 8.63. The van der Waals surface area contributed by atoms with Gasteiger partial charge >= 0.3 is 0 Å². The Bertz CT molecular complexity index is 734. The van der Waals surface area contributed by atoms with Crippen molar-refractivity contribution >= 4 is 38.8 Å². The van der Waals surface area contributed by atoms with E-state index in [1.807, 2.05) is 18.2 Å². The number of aromatic nitrogens is 1. The van der Waals surface area contributed by atoms with Crippen LogP contribution in [0.5, 0.6) is 0 Å². The summed E-state index contributed by atoms with van der Waals surface area (Å²) in [5, 5.41) is 1.58. The van der Waals surface area contributed by atoms with Gasteiger partial charge in [-0.2, -0.15) is 0 Å². The van der Waals surface area contributed by atoms with Gasteiger partial charge in [-0.15, -0.1) is 11.3 Å². The molecule has 0 spiro atoms. The Hall–Kier alpha value is -1.58. The molecule has 0 atom stereocenters. The topological polar surface area (TPSA) is 38.9 Å². The maximum Gasteiger partial charge on any atom is 0.126 e. The average Bonchev–Trinajstić information content (AvgIpc) is 2.71. The highest BCUT2D eigenvalue weighted by Gasteiger charge is 2.09. The van der Waals surface area contributed by atoms with E-state index >= 15 is 0 Å². The molecule has 18 heavy (non-hydrogen) atoms. The second-order valence-corrected chi connectivity index (χ2v) is 5.69. The molecule has 0 saturated carbocycles. The summed E-state index contributed by atoms with van der Waals surface area (Å²) in [5.74, 6) is 0. The van der Waals surface area contributed by atoms with E-state index in [1.54, 1.807) is 17.4 Å². The molecule has 0 aliphatic carbocycles. The van der Waals surface area contributed by atoms with E-state index < -0.39 is 0 Å². The fourth-order valence-electron chi connectivity index (χ4n) is 1.88. The quantitative estimate of drug-likeness (QED) is 0.663. The number of thiazole rings is 1. The zero-order valence-corrected chi connectivity index (χ0v) is 11.3. The van der Waals surface area contributed by atoms with Crippen LogP contribution >= 0.6 is 22.9 Å². The van der Waals surface area contributed by atoms with Crippen molar-refractivity contribution in [1.82, 2.24) is 4.98 Å². The van der Waals surface area contributed by atoms with E-state index in [9.17, 15) is 0 Å². The number of benzene rings is 2. The summed E-state index contributed by atoms with van der Waals surface area (Å²) in [7, 11) is 0. The summed E-state index contributed by atoms with van der Waals surface area (Å²) in [4.78, 5) is 4.61. The molecular formula is C14H11ClN2S. The van der Waals surface area contributed by atoms with E-state index in [0.717, 1.165) is 16.1 Å². The molecule has 0 aliphatic heterocycles. The largest absolute Gasteiger partial charge is 0.398 e. The number of fused-ring (bicyclic) bond motifs is 1. The van der Waals surface area contributed by atoms with Crippen molar-refractivity contribution in [1.29, 1.82) is 0 Å². The first-order valence-corrected chi connectivity index (χ1v) is 6.75. The number of nitrogens with two attached hydrogens (primary N) is 1. The third-order valence-electron chi connectivity index (χ3n) is 2.79. The Balaban J connectivity index is 2.19. The van der Waals surface area contributed by atoms with Crippen molar-refractivity contribution in [2.75, 3.05) is 5.73 Å². The number of aryl methyl sites for hydroxylation is 1. The third-order valence-corrected chi connectivity index (χ3v) is 4.07. The first kappa shape index (κ1) is 11.5. The molecule has 3 rings (SSSR count). The molecule has 0 unspecified atom stereocenters. The fourth-order valence-corrected chi connectivity index (χ4v) is 3.17. The zero-order valence-electron chi connectivity index (χ0n) is 9.77. The molecule has 1 heterocycles. The van der Waals surface area contributed by atoms with Gasteiger partial charge < -0.3 is 5.73 Å². The van der Waals surface area contributed by atoms with Crippen LogP contribution in [0.2, 0.25) is 5.02 Å². The minimum absolute atomic E-state index is 0.646. The Morgan fingerprint density at radius 3 is 2.78 bits per heavy atom. The van der Waals surface area contributed by atoms with Crippen LogP contribution in [0.15, 0.2) is 36.4 Å². The third kappa shape index (κ3) is 1.96. The van der Waals surface area contributed by atoms with Crippen molar-refractivity contribution < 1.29 is 0 Å². The number of hydrogen-bond acceptors (Lipinski definition) is 3. The number of nitrogens with zero attached hydrogens (tertiary/aromatic N) is 1. The Labute approximate surface area is 114 Å². The van der Waals surface area contributed by atoms with Crippen LogP contribution in [0.3, 0.4) is 0 Å². The zero-order chi connectivity index (χ0) is 12.7. The SMILES string of the molecule is Cc1ccc2nc(-c3ccc(Cl)cc3N)sc2c1. The van der Waals surface area contributed by atoms with Gasteiger partial charge in [-0.25, -0.2) is 4.98 Å². The lowest BCUT2D eigenvalue weighted by atomic mass is 10.2. The molecule has 0 fully saturated rings. The van der Waals surface area contributed by atoms with Crippen LogP contribution in [-0.2, 0) is 0 Å². The van der Waals surface area contributed by atoms with Crippen molar-refractivity contribution in [3.05, 3.63) is 47.0 Å². The molecule has 2 aromatic carbocycles. The van der Waals surface area contributed by atoms with Gasteiger partial charge in [0.2, 0.25) is 0 Å². The second kappa shape index (κ2) is 4.26. The summed E-state index contributed by atoms with van der Waals surface area (Å²) < 4.78 is 1.18. The van der Waals surface area contributed by atoms with Crippen LogP contribution in [0.4, 0.5) is 5.69 Å². The Morgan fingerprint density at radius 2 is 2.00 bits per heavy atom. The molecule has 0 amide bonds. The highest BCUT2D eigenvalue weighted by atomic mass is 35.5. The number of halogens is 1. The maximum absolute atomic E-state index is 5.99. The molecule has 90 valence electrons. The van der Waals surface area contributed by atoms with Crippen LogP contribution in [0.25, 0.3) is 20.8 Å². The first-order valence-electron chi connectivity index (χ1n) is 5.56. The molecule has 4 heteroatoms. The molecule has 0 saturated heterocycles. The van der Waals surface area contributed by atoms with E-state index in [4.69, 9.17) is 17.3 Å². The lowest BCUT2D eigenvalue weighted by Crippen LogP contribution is -1.88. The molecule has 0 radical (unpaired) electrons. The van der Waals surface area contributed by atoms with Crippen molar-refractivity contribution in [2.45, 2.75) is 6.92 Å². The maximum atomic E-state index is 5.99. The smallest absolute Gasteiger partial charge is 0.126 e. The number of anilines is 1. The second-order valence-electron chi connectivity index (χ2n) is 4.22. The van der Waals surface area contributed by atoms with Gasteiger partial charge in [0.25, 0.3) is 0 Å². The van der Waals surface area contributed by atoms with Gasteiger partial charge in [0.1, 0.15) is 5.01 Å². The Kier molecular flexibility index (Phi) is 2.73. The summed E-state index contributed by atoms with van der Waals surface area (Å²) >= 11 is 7.56. The highest BCUT2D eigenvalue weighted by Crippen LogP contribution is 2.34. The van der Waals surface area contributed by atoms with Crippen LogP contribution in [0.1, 0.15) is 5.56 Å². The van der Waals surface area contributed by atoms with Gasteiger partial charge in [-0.05, 0) is 42.8 Å². The predicted octanol–water partition coefficient (Wildman–Crippen LogP) is 4.51. The minimum atomic E-state index is 0.646. The van der Waals surface area contributed by atoms with Gasteiger partial charge in [-0.1, -0.05) is 17.7 Å². The predicted molar refractivity (Wildman–Crippen MR) is 79.2 cm³/mol. The lowest BCUT2D eigenvalue weighted by molar-refractivity contribution is 1.45. The fraction of sp³-hybridized carbons (Fsp3) is 0.0714. The molecule has 0 bridgehead atoms. The number of nitrogen functional groups attached to an aromatic ring is 1. The van der Waals surface area contributed by atoms with E-state index in [1.165, 1.54) is 10.3 Å². The van der Waals surface area contributed by atoms with Crippen molar-refractivity contribution in [3.63, 3.8) is 0 Å². The van der Waals surface area contributed by atoms with Crippen LogP contribution in [0, 0.1) is 6.92 Å². The van der Waals surface area contributed by atoms with Gasteiger partial charge in [0, 0.05) is 16.3 Å². The normalized spacial score (nSPS) is 11.0. The van der Waals surface area contributed by atoms with Crippen molar-refractivity contribution in [2.24, 2.45) is 0 Å². The molecule has 2 nitrogen and oxygen atoms in total. The van der Waals surface area contributed by atoms with Crippen LogP contribution in [-0.4, -0.2) is 4.98 Å². The molecule has 1 aromatic heterocycles. The van der Waals surface area contributed by atoms with E-state index in [0.29, 0.717) is 10.7 Å². The van der Waals surface area contributed by atoms with Crippen LogP contribution < -0.4 is 5.73 Å². The molecule has 2 N–H and O–H groups in total. The summed E-state index contributed by atoms with van der Waals surface area (Å²) in [5.41, 5.74) is 9.84. The lowest BCUT2D eigenvalue weighted by Gasteiger charge is -2.01. The monoisotopic (exact) mass is 274 g/mol. The molecule has 3 aromatic rings. The Morgan fingerprint density at radius 1 is 1.17 bits per heavy atom. The minimum Gasteiger partial charge on any atom is -0.398 e.